The summed E-state index contributed by atoms with van der Waals surface area (Å²) >= 11 is 0. The van der Waals surface area contributed by atoms with Crippen molar-refractivity contribution in [1.29, 1.82) is 0 Å². The van der Waals surface area contributed by atoms with Crippen molar-refractivity contribution in [3.63, 3.8) is 0 Å². The van der Waals surface area contributed by atoms with E-state index in [1.807, 2.05) is 31.6 Å². The Labute approximate surface area is 147 Å². The summed E-state index contributed by atoms with van der Waals surface area (Å²) in [5, 5.41) is 5.47. The molecule has 0 saturated heterocycles. The van der Waals surface area contributed by atoms with E-state index in [2.05, 4.69) is 25.0 Å². The van der Waals surface area contributed by atoms with Gasteiger partial charge in [0.05, 0.1) is 0 Å². The monoisotopic (exact) mass is 340 g/mol. The van der Waals surface area contributed by atoms with Crippen LogP contribution in [0.5, 0.6) is 5.75 Å². The number of rotatable bonds is 4. The SMILES string of the molecule is Cc1c(C)c2c(C)cc(OCc3cc(C(C)C)n(C)n3)cc2oc1=O. The minimum Gasteiger partial charge on any atom is -0.487 e. The molecule has 3 aromatic rings. The van der Waals surface area contributed by atoms with Crippen molar-refractivity contribution in [2.75, 3.05) is 0 Å². The number of hydrogen-bond donors (Lipinski definition) is 0. The molecule has 0 amide bonds. The van der Waals surface area contributed by atoms with Gasteiger partial charge < -0.3 is 9.15 Å². The molecule has 0 spiro atoms. The molecule has 5 nitrogen and oxygen atoms in total. The molecule has 0 radical (unpaired) electrons. The summed E-state index contributed by atoms with van der Waals surface area (Å²) in [5.41, 5.74) is 4.96. The van der Waals surface area contributed by atoms with E-state index in [1.165, 1.54) is 5.69 Å². The molecule has 0 saturated carbocycles. The average molecular weight is 340 g/mol. The molecule has 132 valence electrons. The molecule has 5 heteroatoms. The normalized spacial score (nSPS) is 11.5. The maximum absolute atomic E-state index is 11.9. The summed E-state index contributed by atoms with van der Waals surface area (Å²) in [4.78, 5) is 11.9. The van der Waals surface area contributed by atoms with E-state index in [0.717, 1.165) is 22.2 Å². The van der Waals surface area contributed by atoms with Gasteiger partial charge >= 0.3 is 5.63 Å². The zero-order chi connectivity index (χ0) is 18.3. The lowest BCUT2D eigenvalue weighted by Gasteiger charge is -2.10. The number of aryl methyl sites for hydroxylation is 3. The first-order valence-electron chi connectivity index (χ1n) is 8.48. The number of ether oxygens (including phenoxy) is 1. The van der Waals surface area contributed by atoms with Crippen molar-refractivity contribution in [3.05, 3.63) is 56.7 Å². The number of hydrogen-bond acceptors (Lipinski definition) is 4. The fourth-order valence-electron chi connectivity index (χ4n) is 3.20. The van der Waals surface area contributed by atoms with Gasteiger partial charge in [-0.3, -0.25) is 4.68 Å². The summed E-state index contributed by atoms with van der Waals surface area (Å²) in [5.74, 6) is 1.09. The predicted octanol–water partition coefficient (Wildman–Crippen LogP) is 4.15. The average Bonchev–Trinajstić information content (AvgIpc) is 2.91. The van der Waals surface area contributed by atoms with Crippen LogP contribution in [0.15, 0.2) is 27.4 Å². The van der Waals surface area contributed by atoms with Gasteiger partial charge in [0.1, 0.15) is 23.6 Å². The quantitative estimate of drug-likeness (QED) is 0.669. The highest BCUT2D eigenvalue weighted by Gasteiger charge is 2.13. The topological polar surface area (TPSA) is 57.3 Å². The molecule has 0 fully saturated rings. The third kappa shape index (κ3) is 3.18. The number of benzene rings is 1. The van der Waals surface area contributed by atoms with E-state index in [0.29, 0.717) is 29.4 Å². The zero-order valence-corrected chi connectivity index (χ0v) is 15.6. The first-order valence-corrected chi connectivity index (χ1v) is 8.48. The summed E-state index contributed by atoms with van der Waals surface area (Å²) in [7, 11) is 1.94. The highest BCUT2D eigenvalue weighted by Crippen LogP contribution is 2.28. The summed E-state index contributed by atoms with van der Waals surface area (Å²) in [6, 6.07) is 5.82. The van der Waals surface area contributed by atoms with Gasteiger partial charge in [-0.2, -0.15) is 5.10 Å². The van der Waals surface area contributed by atoms with Crippen LogP contribution in [0.2, 0.25) is 0 Å². The lowest BCUT2D eigenvalue weighted by Crippen LogP contribution is -2.06. The third-order valence-electron chi connectivity index (χ3n) is 4.66. The van der Waals surface area contributed by atoms with E-state index >= 15 is 0 Å². The van der Waals surface area contributed by atoms with Crippen LogP contribution in [0.1, 0.15) is 47.8 Å². The smallest absolute Gasteiger partial charge is 0.339 e. The zero-order valence-electron chi connectivity index (χ0n) is 15.6. The van der Waals surface area contributed by atoms with Gasteiger partial charge in [0.15, 0.2) is 0 Å². The van der Waals surface area contributed by atoms with Crippen molar-refractivity contribution in [3.8, 4) is 5.75 Å². The van der Waals surface area contributed by atoms with Gasteiger partial charge in [0.25, 0.3) is 0 Å². The Bertz CT molecular complexity index is 996. The van der Waals surface area contributed by atoms with Gasteiger partial charge in [0, 0.05) is 29.8 Å². The van der Waals surface area contributed by atoms with E-state index in [-0.39, 0.29) is 5.63 Å². The molecular weight excluding hydrogens is 316 g/mol. The highest BCUT2D eigenvalue weighted by molar-refractivity contribution is 5.85. The van der Waals surface area contributed by atoms with E-state index in [1.54, 1.807) is 13.0 Å². The van der Waals surface area contributed by atoms with Crippen LogP contribution in [0.4, 0.5) is 0 Å². The lowest BCUT2D eigenvalue weighted by atomic mass is 10.0. The number of aromatic nitrogens is 2. The molecule has 0 unspecified atom stereocenters. The summed E-state index contributed by atoms with van der Waals surface area (Å²) in [6.07, 6.45) is 0. The molecule has 1 aromatic carbocycles. The molecule has 0 aliphatic heterocycles. The van der Waals surface area contributed by atoms with Gasteiger partial charge in [-0.15, -0.1) is 0 Å². The molecule has 0 aliphatic carbocycles. The third-order valence-corrected chi connectivity index (χ3v) is 4.66. The Morgan fingerprint density at radius 3 is 2.52 bits per heavy atom. The van der Waals surface area contributed by atoms with Crippen LogP contribution in [0.25, 0.3) is 11.0 Å². The van der Waals surface area contributed by atoms with Gasteiger partial charge in [-0.05, 0) is 49.9 Å². The Morgan fingerprint density at radius 1 is 1.16 bits per heavy atom. The standard InChI is InChI=1S/C20H24N2O3/c1-11(2)17-8-15(21-22(17)6)10-24-16-7-12(3)19-13(4)14(5)20(23)25-18(19)9-16/h7-9,11H,10H2,1-6H3. The minimum atomic E-state index is -0.298. The molecule has 0 N–H and O–H groups in total. The van der Waals surface area contributed by atoms with Crippen LogP contribution in [0.3, 0.4) is 0 Å². The lowest BCUT2D eigenvalue weighted by molar-refractivity contribution is 0.299. The molecule has 2 aromatic heterocycles. The van der Waals surface area contributed by atoms with E-state index in [4.69, 9.17) is 9.15 Å². The van der Waals surface area contributed by atoms with Crippen molar-refractivity contribution in [1.82, 2.24) is 9.78 Å². The maximum atomic E-state index is 11.9. The Morgan fingerprint density at radius 2 is 1.88 bits per heavy atom. The van der Waals surface area contributed by atoms with Gasteiger partial charge in [-0.1, -0.05) is 13.8 Å². The second-order valence-electron chi connectivity index (χ2n) is 6.88. The molecule has 0 aliphatic rings. The Balaban J connectivity index is 1.91. The Kier molecular flexibility index (Phi) is 4.41. The van der Waals surface area contributed by atoms with Crippen LogP contribution >= 0.6 is 0 Å². The van der Waals surface area contributed by atoms with E-state index < -0.39 is 0 Å². The summed E-state index contributed by atoms with van der Waals surface area (Å²) in [6.45, 7) is 10.4. The van der Waals surface area contributed by atoms with Crippen LogP contribution < -0.4 is 10.4 Å². The molecular formula is C20H24N2O3. The van der Waals surface area contributed by atoms with Crippen molar-refractivity contribution in [2.24, 2.45) is 7.05 Å². The molecule has 0 atom stereocenters. The minimum absolute atomic E-state index is 0.298. The number of nitrogens with zero attached hydrogens (tertiary/aromatic N) is 2. The van der Waals surface area contributed by atoms with Crippen LogP contribution in [0, 0.1) is 20.8 Å². The van der Waals surface area contributed by atoms with Gasteiger partial charge in [0.2, 0.25) is 0 Å². The van der Waals surface area contributed by atoms with Crippen LogP contribution in [-0.2, 0) is 13.7 Å². The molecule has 2 heterocycles. The number of fused-ring (bicyclic) bond motifs is 1. The molecule has 25 heavy (non-hydrogen) atoms. The largest absolute Gasteiger partial charge is 0.487 e. The fourth-order valence-corrected chi connectivity index (χ4v) is 3.20. The van der Waals surface area contributed by atoms with E-state index in [9.17, 15) is 4.79 Å². The molecule has 0 bridgehead atoms. The van der Waals surface area contributed by atoms with Crippen LogP contribution in [-0.4, -0.2) is 9.78 Å². The first-order chi connectivity index (χ1) is 11.8. The second-order valence-corrected chi connectivity index (χ2v) is 6.88. The maximum Gasteiger partial charge on any atom is 0.339 e. The summed E-state index contributed by atoms with van der Waals surface area (Å²) < 4.78 is 13.2. The van der Waals surface area contributed by atoms with Crippen molar-refractivity contribution in [2.45, 2.75) is 47.1 Å². The molecule has 3 rings (SSSR count). The fraction of sp³-hybridized carbons (Fsp3) is 0.400. The highest BCUT2D eigenvalue weighted by atomic mass is 16.5. The second kappa shape index (κ2) is 6.39. The van der Waals surface area contributed by atoms with Crippen molar-refractivity contribution >= 4 is 11.0 Å². The first kappa shape index (κ1) is 17.3. The predicted molar refractivity (Wildman–Crippen MR) is 98.3 cm³/mol. The van der Waals surface area contributed by atoms with Gasteiger partial charge in [-0.25, -0.2) is 4.79 Å². The Hall–Kier alpha value is -2.56. The van der Waals surface area contributed by atoms with Crippen molar-refractivity contribution < 1.29 is 9.15 Å².